The first-order valence-corrected chi connectivity index (χ1v) is 15.0. The van der Waals surface area contributed by atoms with Gasteiger partial charge in [-0.15, -0.1) is 0 Å². The minimum atomic E-state index is -1.40. The van der Waals surface area contributed by atoms with Gasteiger partial charge in [-0.2, -0.15) is 0 Å². The van der Waals surface area contributed by atoms with Gasteiger partial charge in [0.1, 0.15) is 11.7 Å². The van der Waals surface area contributed by atoms with Crippen LogP contribution in [0.3, 0.4) is 0 Å². The third kappa shape index (κ3) is 6.24. The maximum absolute atomic E-state index is 14.4. The van der Waals surface area contributed by atoms with E-state index in [0.717, 1.165) is 56.2 Å². The van der Waals surface area contributed by atoms with Crippen LogP contribution in [0.25, 0.3) is 0 Å². The number of hydrogen-bond acceptors (Lipinski definition) is 4. The number of hydrogen-bond donors (Lipinski definition) is 0. The van der Waals surface area contributed by atoms with Crippen molar-refractivity contribution >= 4 is 17.6 Å². The molecule has 3 fully saturated rings. The van der Waals surface area contributed by atoms with Crippen LogP contribution < -0.4 is 0 Å². The number of piperidine rings is 1. The van der Waals surface area contributed by atoms with E-state index in [2.05, 4.69) is 4.90 Å². The summed E-state index contributed by atoms with van der Waals surface area (Å²) in [7, 11) is 0. The van der Waals surface area contributed by atoms with Crippen LogP contribution >= 0.6 is 11.6 Å². The molecule has 200 valence electrons. The summed E-state index contributed by atoms with van der Waals surface area (Å²) >= 11 is 7.02. The molecule has 3 atom stereocenters. The Morgan fingerprint density at radius 1 is 0.784 bits per heavy atom. The third-order valence-electron chi connectivity index (χ3n) is 8.75. The quantitative estimate of drug-likeness (QED) is 0.279. The van der Waals surface area contributed by atoms with Gasteiger partial charge in [0.2, 0.25) is 5.60 Å². The molecule has 2 aromatic rings. The Balaban J connectivity index is 1.44. The molecule has 2 saturated heterocycles. The molecule has 3 aliphatic rings. The molecule has 5 rings (SSSR count). The zero-order chi connectivity index (χ0) is 25.5. The van der Waals surface area contributed by atoms with E-state index >= 15 is 0 Å². The number of carbonyl (C=O) groups is 1. The molecule has 2 heterocycles. The smallest absolute Gasteiger partial charge is 0.348 e. The van der Waals surface area contributed by atoms with Crippen LogP contribution in [0.5, 0.6) is 0 Å². The molecule has 4 nitrogen and oxygen atoms in total. The highest BCUT2D eigenvalue weighted by molar-refractivity contribution is 6.20. The van der Waals surface area contributed by atoms with Crippen LogP contribution in [0, 0.1) is 5.92 Å². The van der Waals surface area contributed by atoms with Crippen LogP contribution in [0.1, 0.15) is 88.2 Å². The Morgan fingerprint density at radius 3 is 2.05 bits per heavy atom. The summed E-state index contributed by atoms with van der Waals surface area (Å²) in [5.74, 6) is -0.108. The van der Waals surface area contributed by atoms with E-state index in [1.807, 2.05) is 60.7 Å². The van der Waals surface area contributed by atoms with Gasteiger partial charge < -0.3 is 14.4 Å². The molecule has 0 spiro atoms. The lowest BCUT2D eigenvalue weighted by atomic mass is 9.84. The summed E-state index contributed by atoms with van der Waals surface area (Å²) < 4.78 is 13.2. The maximum atomic E-state index is 14.4. The van der Waals surface area contributed by atoms with Gasteiger partial charge in [-0.25, -0.2) is 4.79 Å². The second-order valence-electron chi connectivity index (χ2n) is 11.2. The zero-order valence-electron chi connectivity index (χ0n) is 22.0. The molecular weight excluding hydrogens is 482 g/mol. The lowest BCUT2D eigenvalue weighted by molar-refractivity contribution is -0.182. The van der Waals surface area contributed by atoms with E-state index in [-0.39, 0.29) is 18.0 Å². The Labute approximate surface area is 227 Å². The van der Waals surface area contributed by atoms with Gasteiger partial charge in [0.25, 0.3) is 0 Å². The SMILES string of the molecule is O=C(OC1CCN2CCCCCCC2C1)C(OC(Cl)C1CCCCC1)(c1ccccc1)c1ccccc1. The standard InChI is InChI=1S/C32H42ClNO3/c33-30(25-14-6-3-7-15-25)37-32(26-16-8-4-9-17-26,27-18-10-5-11-19-27)31(35)36-29-21-23-34-22-13-2-1-12-20-28(34)24-29/h4-5,8-11,16-19,25,28-30H,1-3,6-7,12-15,20-24H2. The third-order valence-corrected chi connectivity index (χ3v) is 9.20. The molecule has 3 unspecified atom stereocenters. The summed E-state index contributed by atoms with van der Waals surface area (Å²) in [4.78, 5) is 17.0. The molecule has 0 bridgehead atoms. The van der Waals surface area contributed by atoms with E-state index in [4.69, 9.17) is 21.1 Å². The molecule has 37 heavy (non-hydrogen) atoms. The van der Waals surface area contributed by atoms with Gasteiger partial charge in [-0.1, -0.05) is 111 Å². The van der Waals surface area contributed by atoms with Crippen molar-refractivity contribution in [1.29, 1.82) is 0 Å². The predicted octanol–water partition coefficient (Wildman–Crippen LogP) is 7.43. The first-order valence-electron chi connectivity index (χ1n) is 14.5. The van der Waals surface area contributed by atoms with Gasteiger partial charge in [-0.05, 0) is 62.1 Å². The maximum Gasteiger partial charge on any atom is 0.348 e. The number of alkyl halides is 1. The second kappa shape index (κ2) is 12.8. The minimum absolute atomic E-state index is 0.105. The fraction of sp³-hybridized carbons (Fsp3) is 0.594. The van der Waals surface area contributed by atoms with Gasteiger partial charge in [0.15, 0.2) is 0 Å². The molecular formula is C32H42ClNO3. The lowest BCUT2D eigenvalue weighted by Gasteiger charge is -2.42. The van der Waals surface area contributed by atoms with Crippen molar-refractivity contribution in [3.05, 3.63) is 71.8 Å². The van der Waals surface area contributed by atoms with E-state index in [1.54, 1.807) is 0 Å². The summed E-state index contributed by atoms with van der Waals surface area (Å²) in [5, 5.41) is 0. The molecule has 0 aromatic heterocycles. The van der Waals surface area contributed by atoms with E-state index in [1.165, 1.54) is 45.1 Å². The number of esters is 1. The number of ether oxygens (including phenoxy) is 2. The van der Waals surface area contributed by atoms with Crippen LogP contribution in [0.4, 0.5) is 0 Å². The highest BCUT2D eigenvalue weighted by atomic mass is 35.5. The number of nitrogens with zero attached hydrogens (tertiary/aromatic N) is 1. The average Bonchev–Trinajstić information content (AvgIpc) is 2.94. The number of fused-ring (bicyclic) bond motifs is 1. The first kappa shape index (κ1) is 26.7. The molecule has 2 aliphatic heterocycles. The molecule has 5 heteroatoms. The van der Waals surface area contributed by atoms with Gasteiger partial charge >= 0.3 is 5.97 Å². The highest BCUT2D eigenvalue weighted by Crippen LogP contribution is 2.41. The first-order chi connectivity index (χ1) is 18.2. The van der Waals surface area contributed by atoms with Gasteiger partial charge in [0.05, 0.1) is 0 Å². The normalized spacial score (nSPS) is 24.9. The minimum Gasteiger partial charge on any atom is -0.460 e. The Kier molecular flexibility index (Phi) is 9.23. The molecule has 0 radical (unpaired) electrons. The van der Waals surface area contributed by atoms with Crippen molar-refractivity contribution in [2.45, 2.75) is 100 Å². The van der Waals surface area contributed by atoms with Crippen LogP contribution in [0.15, 0.2) is 60.7 Å². The molecule has 1 saturated carbocycles. The Hall–Kier alpha value is -1.88. The van der Waals surface area contributed by atoms with Crippen LogP contribution in [-0.4, -0.2) is 41.7 Å². The largest absolute Gasteiger partial charge is 0.460 e. The second-order valence-corrected chi connectivity index (χ2v) is 11.7. The number of rotatable bonds is 7. The Morgan fingerprint density at radius 2 is 1.38 bits per heavy atom. The molecule has 2 aromatic carbocycles. The van der Waals surface area contributed by atoms with Gasteiger partial charge in [0, 0.05) is 12.6 Å². The summed E-state index contributed by atoms with van der Waals surface area (Å²) in [6, 6.07) is 20.1. The van der Waals surface area contributed by atoms with Crippen molar-refractivity contribution in [3.63, 3.8) is 0 Å². The highest BCUT2D eigenvalue weighted by Gasteiger charge is 2.49. The predicted molar refractivity (Wildman–Crippen MR) is 149 cm³/mol. The topological polar surface area (TPSA) is 38.8 Å². The van der Waals surface area contributed by atoms with E-state index in [9.17, 15) is 4.79 Å². The van der Waals surface area contributed by atoms with Gasteiger partial charge in [-0.3, -0.25) is 0 Å². The average molecular weight is 524 g/mol. The van der Waals surface area contributed by atoms with Crippen molar-refractivity contribution in [2.24, 2.45) is 5.92 Å². The Bertz CT molecular complexity index is 939. The molecule has 0 amide bonds. The van der Waals surface area contributed by atoms with Crippen LogP contribution in [0.2, 0.25) is 0 Å². The van der Waals surface area contributed by atoms with E-state index in [0.29, 0.717) is 6.04 Å². The van der Waals surface area contributed by atoms with E-state index < -0.39 is 11.2 Å². The lowest BCUT2D eigenvalue weighted by Crippen LogP contribution is -2.49. The van der Waals surface area contributed by atoms with Crippen molar-refractivity contribution in [1.82, 2.24) is 4.90 Å². The number of halogens is 1. The van der Waals surface area contributed by atoms with Crippen molar-refractivity contribution in [3.8, 4) is 0 Å². The fourth-order valence-electron chi connectivity index (χ4n) is 6.64. The molecule has 0 N–H and O–H groups in total. The summed E-state index contributed by atoms with van der Waals surface area (Å²) in [6.07, 6.45) is 13.7. The van der Waals surface area contributed by atoms with Crippen molar-refractivity contribution in [2.75, 3.05) is 13.1 Å². The monoisotopic (exact) mass is 523 g/mol. The van der Waals surface area contributed by atoms with Crippen LogP contribution in [-0.2, 0) is 19.9 Å². The summed E-state index contributed by atoms with van der Waals surface area (Å²) in [6.45, 7) is 2.16. The number of benzene rings is 2. The molecule has 1 aliphatic carbocycles. The van der Waals surface area contributed by atoms with Crippen molar-refractivity contribution < 1.29 is 14.3 Å². The summed E-state index contributed by atoms with van der Waals surface area (Å²) in [5.41, 5.74) is -0.419. The number of carbonyl (C=O) groups excluding carboxylic acids is 1. The zero-order valence-corrected chi connectivity index (χ0v) is 22.8. The fourth-order valence-corrected chi connectivity index (χ4v) is 7.03.